The number of imide groups is 1. The first-order chi connectivity index (χ1) is 12.9. The fourth-order valence-electron chi connectivity index (χ4n) is 3.11. The first-order valence-corrected chi connectivity index (χ1v) is 8.77. The molecule has 0 saturated carbocycles. The van der Waals surface area contributed by atoms with Gasteiger partial charge in [0.2, 0.25) is 0 Å². The lowest BCUT2D eigenvalue weighted by atomic mass is 10.0. The molecule has 1 aliphatic rings. The third kappa shape index (κ3) is 3.74. The summed E-state index contributed by atoms with van der Waals surface area (Å²) < 4.78 is 19.0. The van der Waals surface area contributed by atoms with Crippen LogP contribution in [0.2, 0.25) is 0 Å². The van der Waals surface area contributed by atoms with E-state index in [2.05, 4.69) is 0 Å². The molecule has 140 valence electrons. The summed E-state index contributed by atoms with van der Waals surface area (Å²) in [6, 6.07) is 11.4. The van der Waals surface area contributed by atoms with E-state index in [0.717, 1.165) is 4.90 Å². The van der Waals surface area contributed by atoms with Crippen molar-refractivity contribution in [2.45, 2.75) is 32.9 Å². The van der Waals surface area contributed by atoms with Gasteiger partial charge in [0.1, 0.15) is 18.5 Å². The zero-order chi connectivity index (χ0) is 19.6. The van der Waals surface area contributed by atoms with Crippen LogP contribution in [0.25, 0.3) is 0 Å². The van der Waals surface area contributed by atoms with Gasteiger partial charge in [-0.05, 0) is 30.5 Å². The third-order valence-electron chi connectivity index (χ3n) is 4.43. The van der Waals surface area contributed by atoms with E-state index in [9.17, 15) is 18.8 Å². The molecule has 2 amide bonds. The summed E-state index contributed by atoms with van der Waals surface area (Å²) in [6.45, 7) is 3.51. The Morgan fingerprint density at radius 3 is 2.11 bits per heavy atom. The van der Waals surface area contributed by atoms with Gasteiger partial charge in [-0.15, -0.1) is 0 Å². The number of hydrogen-bond donors (Lipinski definition) is 0. The first kappa shape index (κ1) is 18.8. The summed E-state index contributed by atoms with van der Waals surface area (Å²) in [5.74, 6) is -2.18. The van der Waals surface area contributed by atoms with Gasteiger partial charge in [0.05, 0.1) is 11.1 Å². The number of carbonyl (C=O) groups is 3. The number of hydrogen-bond acceptors (Lipinski definition) is 4. The molecule has 27 heavy (non-hydrogen) atoms. The van der Waals surface area contributed by atoms with Crippen LogP contribution < -0.4 is 0 Å². The summed E-state index contributed by atoms with van der Waals surface area (Å²) in [4.78, 5) is 39.1. The number of halogens is 1. The number of carbonyl (C=O) groups excluding carboxylic acids is 3. The molecule has 6 heteroatoms. The van der Waals surface area contributed by atoms with E-state index < -0.39 is 29.6 Å². The Morgan fingerprint density at radius 2 is 1.56 bits per heavy atom. The molecule has 0 aliphatic carbocycles. The van der Waals surface area contributed by atoms with Crippen LogP contribution in [0.1, 0.15) is 46.5 Å². The number of nitrogens with zero attached hydrogens (tertiary/aromatic N) is 1. The quantitative estimate of drug-likeness (QED) is 0.577. The minimum Gasteiger partial charge on any atom is -0.459 e. The summed E-state index contributed by atoms with van der Waals surface area (Å²) in [6.07, 6.45) is 0.265. The average Bonchev–Trinajstić information content (AvgIpc) is 2.90. The monoisotopic (exact) mass is 369 g/mol. The number of fused-ring (bicyclic) bond motifs is 1. The van der Waals surface area contributed by atoms with E-state index in [1.807, 2.05) is 13.8 Å². The molecule has 1 heterocycles. The standard InChI is InChI=1S/C21H20FNO4/c1-13(2)11-18(21(26)27-12-14-7-3-6-10-17(14)22)23-19(24)15-8-4-5-9-16(15)20(23)25/h3-10,13,18H,11-12H2,1-2H3/t18-/m0/s1. The van der Waals surface area contributed by atoms with Gasteiger partial charge < -0.3 is 4.74 Å². The molecular weight excluding hydrogens is 349 g/mol. The minimum atomic E-state index is -1.05. The van der Waals surface area contributed by atoms with Crippen LogP contribution in [-0.2, 0) is 16.1 Å². The van der Waals surface area contributed by atoms with Crippen molar-refractivity contribution in [3.63, 3.8) is 0 Å². The lowest BCUT2D eigenvalue weighted by Gasteiger charge is -2.26. The first-order valence-electron chi connectivity index (χ1n) is 8.77. The largest absolute Gasteiger partial charge is 0.459 e. The SMILES string of the molecule is CC(C)C[C@@H](C(=O)OCc1ccccc1F)N1C(=O)c2ccccc2C1=O. The predicted molar refractivity (Wildman–Crippen MR) is 96.4 cm³/mol. The number of rotatable bonds is 6. The van der Waals surface area contributed by atoms with Crippen LogP contribution in [-0.4, -0.2) is 28.7 Å². The highest BCUT2D eigenvalue weighted by Crippen LogP contribution is 2.27. The Balaban J connectivity index is 1.82. The molecule has 0 radical (unpaired) electrons. The molecule has 0 fully saturated rings. The van der Waals surface area contributed by atoms with Crippen molar-refractivity contribution in [2.24, 2.45) is 5.92 Å². The molecule has 3 rings (SSSR count). The number of benzene rings is 2. The molecule has 0 aromatic heterocycles. The highest BCUT2D eigenvalue weighted by molar-refractivity contribution is 6.22. The molecule has 0 spiro atoms. The van der Waals surface area contributed by atoms with E-state index in [1.165, 1.54) is 12.1 Å². The van der Waals surface area contributed by atoms with E-state index in [1.54, 1.807) is 36.4 Å². The van der Waals surface area contributed by atoms with Crippen LogP contribution in [0.3, 0.4) is 0 Å². The maximum absolute atomic E-state index is 13.7. The summed E-state index contributed by atoms with van der Waals surface area (Å²) in [5.41, 5.74) is 0.785. The Kier molecular flexibility index (Phi) is 5.35. The lowest BCUT2D eigenvalue weighted by molar-refractivity contribution is -0.150. The van der Waals surface area contributed by atoms with Gasteiger partial charge in [-0.2, -0.15) is 0 Å². The van der Waals surface area contributed by atoms with Gasteiger partial charge in [0.25, 0.3) is 11.8 Å². The molecule has 1 atom stereocenters. The van der Waals surface area contributed by atoms with Gasteiger partial charge in [-0.25, -0.2) is 9.18 Å². The van der Waals surface area contributed by atoms with E-state index in [4.69, 9.17) is 4.74 Å². The second kappa shape index (κ2) is 7.70. The Labute approximate surface area is 156 Å². The second-order valence-corrected chi connectivity index (χ2v) is 6.87. The van der Waals surface area contributed by atoms with Crippen LogP contribution in [0.4, 0.5) is 4.39 Å². The number of amides is 2. The zero-order valence-electron chi connectivity index (χ0n) is 15.1. The topological polar surface area (TPSA) is 63.7 Å². The van der Waals surface area contributed by atoms with Crippen LogP contribution in [0, 0.1) is 11.7 Å². The molecule has 5 nitrogen and oxygen atoms in total. The molecule has 1 aliphatic heterocycles. The Bertz CT molecular complexity index is 858. The van der Waals surface area contributed by atoms with Crippen LogP contribution >= 0.6 is 0 Å². The molecule has 0 N–H and O–H groups in total. The summed E-state index contributed by atoms with van der Waals surface area (Å²) in [7, 11) is 0. The zero-order valence-corrected chi connectivity index (χ0v) is 15.1. The second-order valence-electron chi connectivity index (χ2n) is 6.87. The smallest absolute Gasteiger partial charge is 0.329 e. The van der Waals surface area contributed by atoms with Crippen LogP contribution in [0.15, 0.2) is 48.5 Å². The van der Waals surface area contributed by atoms with Crippen molar-refractivity contribution in [3.05, 3.63) is 71.0 Å². The summed E-state index contributed by atoms with van der Waals surface area (Å²) in [5, 5.41) is 0. The van der Waals surface area contributed by atoms with Gasteiger partial charge >= 0.3 is 5.97 Å². The van der Waals surface area contributed by atoms with Crippen molar-refractivity contribution in [1.82, 2.24) is 4.90 Å². The maximum Gasteiger partial charge on any atom is 0.329 e. The van der Waals surface area contributed by atoms with Gasteiger partial charge in [-0.3, -0.25) is 14.5 Å². The highest BCUT2D eigenvalue weighted by atomic mass is 19.1. The van der Waals surface area contributed by atoms with Crippen molar-refractivity contribution >= 4 is 17.8 Å². The molecule has 2 aromatic carbocycles. The molecule has 0 unspecified atom stereocenters. The molecule has 2 aromatic rings. The number of ether oxygens (including phenoxy) is 1. The highest BCUT2D eigenvalue weighted by Gasteiger charge is 2.43. The van der Waals surface area contributed by atoms with Gasteiger partial charge in [0.15, 0.2) is 0 Å². The maximum atomic E-state index is 13.7. The van der Waals surface area contributed by atoms with E-state index in [-0.39, 0.29) is 35.6 Å². The van der Waals surface area contributed by atoms with Crippen molar-refractivity contribution in [2.75, 3.05) is 0 Å². The van der Waals surface area contributed by atoms with E-state index in [0.29, 0.717) is 0 Å². The minimum absolute atomic E-state index is 0.0420. The third-order valence-corrected chi connectivity index (χ3v) is 4.43. The molecular formula is C21H20FNO4. The van der Waals surface area contributed by atoms with Gasteiger partial charge in [0, 0.05) is 5.56 Å². The van der Waals surface area contributed by atoms with Crippen molar-refractivity contribution in [1.29, 1.82) is 0 Å². The summed E-state index contributed by atoms with van der Waals surface area (Å²) >= 11 is 0. The number of esters is 1. The van der Waals surface area contributed by atoms with Gasteiger partial charge in [-0.1, -0.05) is 44.2 Å². The molecule has 0 bridgehead atoms. The van der Waals surface area contributed by atoms with Crippen molar-refractivity contribution < 1.29 is 23.5 Å². The fraction of sp³-hybridized carbons (Fsp3) is 0.286. The fourth-order valence-corrected chi connectivity index (χ4v) is 3.11. The molecule has 0 saturated heterocycles. The normalized spacial score (nSPS) is 14.4. The van der Waals surface area contributed by atoms with E-state index >= 15 is 0 Å². The Hall–Kier alpha value is -3.02. The Morgan fingerprint density at radius 1 is 1.00 bits per heavy atom. The lowest BCUT2D eigenvalue weighted by Crippen LogP contribution is -2.46. The van der Waals surface area contributed by atoms with Crippen molar-refractivity contribution in [3.8, 4) is 0 Å². The van der Waals surface area contributed by atoms with Crippen LogP contribution in [0.5, 0.6) is 0 Å². The average molecular weight is 369 g/mol. The predicted octanol–water partition coefficient (Wildman–Crippen LogP) is 3.58.